The molecule has 0 unspecified atom stereocenters. The lowest BCUT2D eigenvalue weighted by molar-refractivity contribution is -0.433. The molecule has 2 aliphatic heterocycles. The minimum atomic E-state index is -4.41. The van der Waals surface area contributed by atoms with Crippen LogP contribution in [0, 0.1) is 0 Å². The van der Waals surface area contributed by atoms with Crippen molar-refractivity contribution >= 4 is 66.3 Å². The van der Waals surface area contributed by atoms with Gasteiger partial charge in [-0.15, -0.1) is 0 Å². The van der Waals surface area contributed by atoms with E-state index in [4.69, 9.17) is 0 Å². The van der Waals surface area contributed by atoms with Crippen LogP contribution >= 0.6 is 0 Å². The third-order valence-electron chi connectivity index (χ3n) is 11.5. The largest absolute Gasteiger partial charge is 0.478 e. The summed E-state index contributed by atoms with van der Waals surface area (Å²) in [7, 11) is -4.41. The van der Waals surface area contributed by atoms with Gasteiger partial charge in [0.2, 0.25) is 11.6 Å². The van der Waals surface area contributed by atoms with Crippen LogP contribution in [0.3, 0.4) is 0 Å². The fraction of sp³-hybridized carbons (Fsp3) is 0.255. The molecule has 5 aromatic carbocycles. The molecule has 0 aliphatic carbocycles. The zero-order valence-corrected chi connectivity index (χ0v) is 33.9. The topological polar surface area (TPSA) is 127 Å². The summed E-state index contributed by atoms with van der Waals surface area (Å²) in [4.78, 5) is 26.9. The van der Waals surface area contributed by atoms with Crippen molar-refractivity contribution in [3.05, 3.63) is 143 Å². The highest BCUT2D eigenvalue weighted by molar-refractivity contribution is 7.85. The van der Waals surface area contributed by atoms with Crippen molar-refractivity contribution in [3.63, 3.8) is 0 Å². The second-order valence-electron chi connectivity index (χ2n) is 15.7. The highest BCUT2D eigenvalue weighted by atomic mass is 32.2. The smallest absolute Gasteiger partial charge is 0.335 e. The van der Waals surface area contributed by atoms with Gasteiger partial charge in [0, 0.05) is 53.2 Å². The Morgan fingerprint density at radius 1 is 0.825 bits per heavy atom. The third kappa shape index (κ3) is 7.19. The number of benzene rings is 5. The van der Waals surface area contributed by atoms with Gasteiger partial charge in [0.25, 0.3) is 10.1 Å². The van der Waals surface area contributed by atoms with Gasteiger partial charge >= 0.3 is 5.97 Å². The van der Waals surface area contributed by atoms with Crippen LogP contribution in [0.4, 0.5) is 17.1 Å². The summed E-state index contributed by atoms with van der Waals surface area (Å²) in [5.41, 5.74) is 7.35. The molecule has 0 aromatic heterocycles. The van der Waals surface area contributed by atoms with Gasteiger partial charge in [-0.25, -0.2) is 4.79 Å². The van der Waals surface area contributed by atoms with Crippen LogP contribution < -0.4 is 10.2 Å². The van der Waals surface area contributed by atoms with E-state index < -0.39 is 21.5 Å². The standard InChI is InChI=1S/C47H47N3O6S/c1-7-49-38-24-19-31-11-9-10-12-36(31)43(38)46(3,4)40(49)26-13-30(15-28-42(51)48-34-21-16-33(17-22-34)45(52)53)14-27-41-47(5,6)44-37-29-35(57(54,55)56)23-18-32(37)20-25-39(44)50(41)8-2/h9-14,16-27,29H,7-8,15,28H2,1-6H3,(H2-,48,51,52,53,54,55,56)/p+1. The lowest BCUT2D eigenvalue weighted by Gasteiger charge is -2.26. The molecule has 3 N–H and O–H groups in total. The summed E-state index contributed by atoms with van der Waals surface area (Å²) in [6.07, 6.45) is 9.08. The number of likely N-dealkylation sites (N-methyl/N-ethyl adjacent to an activating group) is 1. The number of rotatable bonds is 11. The summed E-state index contributed by atoms with van der Waals surface area (Å²) in [6, 6.07) is 27.7. The van der Waals surface area contributed by atoms with Gasteiger partial charge < -0.3 is 15.3 Å². The molecular formula is C47H48N3O6S+. The summed E-state index contributed by atoms with van der Waals surface area (Å²) in [6.45, 7) is 14.4. The fourth-order valence-corrected chi connectivity index (χ4v) is 9.22. The molecule has 5 aromatic rings. The molecule has 1 amide bonds. The molecule has 2 heterocycles. The quantitative estimate of drug-likeness (QED) is 0.0692. The zero-order valence-electron chi connectivity index (χ0n) is 33.1. The number of hydrogen-bond acceptors (Lipinski definition) is 5. The van der Waals surface area contributed by atoms with Crippen molar-refractivity contribution in [2.75, 3.05) is 23.3 Å². The average molecular weight is 783 g/mol. The Hall–Kier alpha value is -5.84. The first-order valence-corrected chi connectivity index (χ1v) is 20.7. The Labute approximate surface area is 334 Å². The third-order valence-corrected chi connectivity index (χ3v) is 12.3. The Morgan fingerprint density at radius 2 is 1.51 bits per heavy atom. The number of carbonyl (C=O) groups excluding carboxylic acids is 1. The van der Waals surface area contributed by atoms with Crippen LogP contribution in [0.25, 0.3) is 21.5 Å². The summed E-state index contributed by atoms with van der Waals surface area (Å²) in [5, 5.41) is 16.3. The molecule has 0 spiro atoms. The molecule has 0 fully saturated rings. The van der Waals surface area contributed by atoms with E-state index in [-0.39, 0.29) is 28.2 Å². The maximum atomic E-state index is 13.3. The minimum Gasteiger partial charge on any atom is -0.478 e. The fourth-order valence-electron chi connectivity index (χ4n) is 8.71. The Bertz CT molecular complexity index is 2700. The molecule has 9 nitrogen and oxygen atoms in total. The number of amides is 1. The van der Waals surface area contributed by atoms with Gasteiger partial charge in [-0.3, -0.25) is 9.35 Å². The van der Waals surface area contributed by atoms with Gasteiger partial charge in [0.15, 0.2) is 5.71 Å². The minimum absolute atomic E-state index is 0.143. The number of nitrogens with zero attached hydrogens (tertiary/aromatic N) is 2. The SMILES string of the molecule is CCN1/C(=C/C=C(/C=C/C2=[N+](CC)c3ccc4ccc(S(=O)(=O)O)cc4c3C2(C)C)CCC(=O)Nc2ccc(C(=O)O)cc2)C(C)(C)c2c1ccc1ccccc21. The van der Waals surface area contributed by atoms with E-state index in [1.165, 1.54) is 40.2 Å². The number of aromatic carboxylic acids is 1. The van der Waals surface area contributed by atoms with Crippen LogP contribution in [0.5, 0.6) is 0 Å². The van der Waals surface area contributed by atoms with E-state index in [1.807, 2.05) is 6.07 Å². The molecule has 292 valence electrons. The van der Waals surface area contributed by atoms with E-state index in [0.717, 1.165) is 45.5 Å². The number of nitrogens with one attached hydrogen (secondary N) is 1. The van der Waals surface area contributed by atoms with Crippen molar-refractivity contribution in [1.82, 2.24) is 0 Å². The number of fused-ring (bicyclic) bond motifs is 6. The predicted molar refractivity (Wildman–Crippen MR) is 229 cm³/mol. The number of carboxylic acids is 1. The van der Waals surface area contributed by atoms with Crippen molar-refractivity contribution in [1.29, 1.82) is 0 Å². The number of allylic oxidation sites excluding steroid dienone is 6. The molecule has 0 bridgehead atoms. The Balaban J connectivity index is 1.28. The van der Waals surface area contributed by atoms with Crippen molar-refractivity contribution in [2.24, 2.45) is 0 Å². The first-order valence-electron chi connectivity index (χ1n) is 19.3. The summed E-state index contributed by atoms with van der Waals surface area (Å²) in [5.74, 6) is -1.23. The van der Waals surface area contributed by atoms with Crippen LogP contribution in [-0.4, -0.2) is 53.3 Å². The van der Waals surface area contributed by atoms with E-state index >= 15 is 0 Å². The second-order valence-corrected chi connectivity index (χ2v) is 17.1. The number of anilines is 2. The summed E-state index contributed by atoms with van der Waals surface area (Å²) < 4.78 is 36.5. The molecule has 10 heteroatoms. The average Bonchev–Trinajstić information content (AvgIpc) is 3.55. The molecule has 7 rings (SSSR count). The lowest BCUT2D eigenvalue weighted by atomic mass is 9.79. The van der Waals surface area contributed by atoms with Crippen molar-refractivity contribution in [3.8, 4) is 0 Å². The van der Waals surface area contributed by atoms with Gasteiger partial charge in [0.05, 0.1) is 15.9 Å². The molecule has 0 atom stereocenters. The molecule has 57 heavy (non-hydrogen) atoms. The maximum Gasteiger partial charge on any atom is 0.335 e. The molecule has 0 saturated carbocycles. The van der Waals surface area contributed by atoms with E-state index in [0.29, 0.717) is 18.7 Å². The summed E-state index contributed by atoms with van der Waals surface area (Å²) >= 11 is 0. The van der Waals surface area contributed by atoms with Crippen LogP contribution in [0.1, 0.15) is 75.9 Å². The number of hydrogen-bond donors (Lipinski definition) is 3. The predicted octanol–water partition coefficient (Wildman–Crippen LogP) is 9.94. The molecule has 0 radical (unpaired) electrons. The van der Waals surface area contributed by atoms with Gasteiger partial charge in [-0.1, -0.05) is 62.4 Å². The van der Waals surface area contributed by atoms with Gasteiger partial charge in [-0.05, 0) is 121 Å². The second kappa shape index (κ2) is 14.9. The van der Waals surface area contributed by atoms with Crippen LogP contribution in [0.15, 0.2) is 131 Å². The van der Waals surface area contributed by atoms with Crippen LogP contribution in [0.2, 0.25) is 0 Å². The Kier molecular flexibility index (Phi) is 10.3. The maximum absolute atomic E-state index is 13.3. The zero-order chi connectivity index (χ0) is 40.9. The molecule has 2 aliphatic rings. The first kappa shape index (κ1) is 39.4. The van der Waals surface area contributed by atoms with E-state index in [1.54, 1.807) is 24.3 Å². The van der Waals surface area contributed by atoms with E-state index in [2.05, 4.69) is 123 Å². The number of carboxylic acid groups (broad SMARTS) is 1. The van der Waals surface area contributed by atoms with Gasteiger partial charge in [0.1, 0.15) is 6.54 Å². The monoisotopic (exact) mass is 782 g/mol. The lowest BCUT2D eigenvalue weighted by Crippen LogP contribution is -2.27. The number of carbonyl (C=O) groups is 2. The normalized spacial score (nSPS) is 16.9. The van der Waals surface area contributed by atoms with Crippen molar-refractivity contribution < 1.29 is 32.2 Å². The first-order chi connectivity index (χ1) is 27.1. The van der Waals surface area contributed by atoms with Gasteiger partial charge in [-0.2, -0.15) is 13.0 Å². The van der Waals surface area contributed by atoms with E-state index in [9.17, 15) is 27.7 Å². The highest BCUT2D eigenvalue weighted by Gasteiger charge is 2.45. The van der Waals surface area contributed by atoms with Crippen molar-refractivity contribution in [2.45, 2.75) is 70.1 Å². The molecular weight excluding hydrogens is 735 g/mol. The highest BCUT2D eigenvalue weighted by Crippen LogP contribution is 2.51. The Morgan fingerprint density at radius 3 is 2.19 bits per heavy atom. The molecule has 0 saturated heterocycles. The van der Waals surface area contributed by atoms with Crippen LogP contribution in [-0.2, 0) is 25.7 Å².